The SMILES string of the molecule is CC1(C)OC(=O)N([C@H]2CC[C@H](n3c(=O)[nH]c4ncccc43)CC2)[C@H]1c1ccccc1. The zero-order chi connectivity index (χ0) is 20.9. The van der Waals surface area contributed by atoms with Crippen LogP contribution < -0.4 is 5.69 Å². The van der Waals surface area contributed by atoms with E-state index in [2.05, 4.69) is 22.1 Å². The molecule has 2 aromatic heterocycles. The summed E-state index contributed by atoms with van der Waals surface area (Å²) in [6.45, 7) is 3.96. The van der Waals surface area contributed by atoms with E-state index in [0.717, 1.165) is 36.8 Å². The lowest BCUT2D eigenvalue weighted by Gasteiger charge is -2.38. The molecule has 3 aromatic rings. The van der Waals surface area contributed by atoms with Crippen LogP contribution in [0.25, 0.3) is 11.2 Å². The highest BCUT2D eigenvalue weighted by molar-refractivity contribution is 5.72. The van der Waals surface area contributed by atoms with Crippen LogP contribution >= 0.6 is 0 Å². The first-order chi connectivity index (χ1) is 14.5. The van der Waals surface area contributed by atoms with E-state index in [1.54, 1.807) is 6.20 Å². The largest absolute Gasteiger partial charge is 0.441 e. The van der Waals surface area contributed by atoms with Gasteiger partial charge < -0.3 is 4.74 Å². The van der Waals surface area contributed by atoms with Gasteiger partial charge in [0.2, 0.25) is 0 Å². The van der Waals surface area contributed by atoms with Crippen LogP contribution in [0.1, 0.15) is 57.2 Å². The third kappa shape index (κ3) is 3.00. The smallest absolute Gasteiger partial charge is 0.411 e. The van der Waals surface area contributed by atoms with Crippen LogP contribution in [0, 0.1) is 0 Å². The van der Waals surface area contributed by atoms with Gasteiger partial charge in [-0.3, -0.25) is 14.5 Å². The summed E-state index contributed by atoms with van der Waals surface area (Å²) in [5.41, 5.74) is 1.85. The minimum Gasteiger partial charge on any atom is -0.441 e. The Morgan fingerprint density at radius 2 is 1.70 bits per heavy atom. The fourth-order valence-corrected chi connectivity index (χ4v) is 5.25. The Morgan fingerprint density at radius 1 is 1.00 bits per heavy atom. The number of carbonyl (C=O) groups is 1. The van der Waals surface area contributed by atoms with Crippen LogP contribution in [0.3, 0.4) is 0 Å². The van der Waals surface area contributed by atoms with Gasteiger partial charge in [0.05, 0.1) is 11.6 Å². The van der Waals surface area contributed by atoms with E-state index < -0.39 is 5.60 Å². The van der Waals surface area contributed by atoms with Crippen molar-refractivity contribution >= 4 is 17.3 Å². The van der Waals surface area contributed by atoms with Crippen molar-refractivity contribution in [2.75, 3.05) is 0 Å². The van der Waals surface area contributed by atoms with E-state index in [4.69, 9.17) is 4.74 Å². The van der Waals surface area contributed by atoms with Gasteiger partial charge in [0.1, 0.15) is 5.60 Å². The monoisotopic (exact) mass is 406 g/mol. The Bertz CT molecular complexity index is 1130. The van der Waals surface area contributed by atoms with Gasteiger partial charge in [-0.1, -0.05) is 30.3 Å². The summed E-state index contributed by atoms with van der Waals surface area (Å²) >= 11 is 0. The molecular formula is C23H26N4O3. The van der Waals surface area contributed by atoms with Crippen molar-refractivity contribution in [3.05, 3.63) is 64.7 Å². The van der Waals surface area contributed by atoms with Crippen LogP contribution in [0.15, 0.2) is 53.5 Å². The molecule has 7 heteroatoms. The summed E-state index contributed by atoms with van der Waals surface area (Å²) < 4.78 is 7.61. The van der Waals surface area contributed by atoms with Gasteiger partial charge in [-0.2, -0.15) is 0 Å². The number of ether oxygens (including phenoxy) is 1. The molecule has 7 nitrogen and oxygen atoms in total. The number of imidazole rings is 1. The number of nitrogens with zero attached hydrogens (tertiary/aromatic N) is 3. The number of aromatic nitrogens is 3. The van der Waals surface area contributed by atoms with E-state index in [1.807, 2.05) is 53.6 Å². The Morgan fingerprint density at radius 3 is 2.43 bits per heavy atom. The van der Waals surface area contributed by atoms with Crippen LogP contribution in [-0.2, 0) is 4.74 Å². The van der Waals surface area contributed by atoms with Crippen LogP contribution in [0.2, 0.25) is 0 Å². The predicted octanol–water partition coefficient (Wildman–Crippen LogP) is 4.18. The first-order valence-electron chi connectivity index (χ1n) is 10.6. The number of amides is 1. The van der Waals surface area contributed by atoms with Crippen molar-refractivity contribution in [3.8, 4) is 0 Å². The summed E-state index contributed by atoms with van der Waals surface area (Å²) in [5.74, 6) is 0. The molecule has 1 aliphatic heterocycles. The fourth-order valence-electron chi connectivity index (χ4n) is 5.25. The molecule has 1 saturated heterocycles. The van der Waals surface area contributed by atoms with Crippen LogP contribution in [-0.4, -0.2) is 37.2 Å². The average molecular weight is 406 g/mol. The van der Waals surface area contributed by atoms with Crippen LogP contribution in [0.5, 0.6) is 0 Å². The van der Waals surface area contributed by atoms with Gasteiger partial charge >= 0.3 is 11.8 Å². The molecule has 1 aromatic carbocycles. The molecule has 1 aliphatic carbocycles. The van der Waals surface area contributed by atoms with Crippen molar-refractivity contribution in [1.29, 1.82) is 0 Å². The molecule has 2 fully saturated rings. The van der Waals surface area contributed by atoms with E-state index >= 15 is 0 Å². The predicted molar refractivity (Wildman–Crippen MR) is 113 cm³/mol. The summed E-state index contributed by atoms with van der Waals surface area (Å²) in [5, 5.41) is 0. The van der Waals surface area contributed by atoms with Gasteiger partial charge in [0.25, 0.3) is 0 Å². The molecule has 30 heavy (non-hydrogen) atoms. The topological polar surface area (TPSA) is 80.2 Å². The van der Waals surface area contributed by atoms with E-state index in [0.29, 0.717) is 5.65 Å². The van der Waals surface area contributed by atoms with E-state index in [1.165, 1.54) is 0 Å². The molecule has 1 amide bonds. The Labute approximate surface area is 174 Å². The number of fused-ring (bicyclic) bond motifs is 1. The number of hydrogen-bond donors (Lipinski definition) is 1. The third-order valence-electron chi connectivity index (χ3n) is 6.53. The summed E-state index contributed by atoms with van der Waals surface area (Å²) in [7, 11) is 0. The molecule has 0 radical (unpaired) electrons. The first-order valence-corrected chi connectivity index (χ1v) is 10.6. The highest BCUT2D eigenvalue weighted by atomic mass is 16.6. The maximum absolute atomic E-state index is 12.8. The van der Waals surface area contributed by atoms with Gasteiger partial charge in [-0.05, 0) is 57.2 Å². The number of H-pyrrole nitrogens is 1. The maximum atomic E-state index is 12.8. The van der Waals surface area contributed by atoms with Crippen molar-refractivity contribution in [2.45, 2.75) is 63.3 Å². The number of pyridine rings is 1. The second-order valence-electron chi connectivity index (χ2n) is 8.83. The van der Waals surface area contributed by atoms with E-state index in [-0.39, 0.29) is 29.9 Å². The quantitative estimate of drug-likeness (QED) is 0.708. The van der Waals surface area contributed by atoms with Gasteiger partial charge in [0, 0.05) is 18.3 Å². The standard InChI is InChI=1S/C23H26N4O3/c1-23(2)19(15-7-4-3-5-8-15)27(22(29)30-23)17-12-10-16(11-13-17)26-18-9-6-14-24-20(18)25-21(26)28/h3-9,14,16-17,19H,10-13H2,1-2H3,(H,24,25,28)/t16-,17-,19-/m0/s1. The zero-order valence-corrected chi connectivity index (χ0v) is 17.2. The fraction of sp³-hybridized carbons (Fsp3) is 0.435. The Balaban J connectivity index is 1.40. The van der Waals surface area contributed by atoms with Gasteiger partial charge in [-0.25, -0.2) is 14.6 Å². The van der Waals surface area contributed by atoms with Gasteiger partial charge in [-0.15, -0.1) is 0 Å². The zero-order valence-electron chi connectivity index (χ0n) is 17.2. The molecule has 5 rings (SSSR count). The minimum absolute atomic E-state index is 0.0970. The molecule has 2 aliphatic rings. The molecule has 1 saturated carbocycles. The highest BCUT2D eigenvalue weighted by Crippen LogP contribution is 2.45. The van der Waals surface area contributed by atoms with Crippen molar-refractivity contribution in [1.82, 2.24) is 19.4 Å². The summed E-state index contributed by atoms with van der Waals surface area (Å²) in [6.07, 6.45) is 4.77. The third-order valence-corrected chi connectivity index (χ3v) is 6.53. The lowest BCUT2D eigenvalue weighted by atomic mass is 9.86. The number of hydrogen-bond acceptors (Lipinski definition) is 4. The molecule has 0 spiro atoms. The number of carbonyl (C=O) groups excluding carboxylic acids is 1. The van der Waals surface area contributed by atoms with Crippen molar-refractivity contribution in [3.63, 3.8) is 0 Å². The molecular weight excluding hydrogens is 380 g/mol. The van der Waals surface area contributed by atoms with Crippen molar-refractivity contribution < 1.29 is 9.53 Å². The number of benzene rings is 1. The lowest BCUT2D eigenvalue weighted by molar-refractivity contribution is 0.0662. The van der Waals surface area contributed by atoms with Crippen molar-refractivity contribution in [2.24, 2.45) is 0 Å². The first kappa shape index (κ1) is 18.9. The Kier molecular flexibility index (Phi) is 4.41. The second kappa shape index (κ2) is 7.00. The molecule has 1 atom stereocenters. The van der Waals surface area contributed by atoms with Crippen LogP contribution in [0.4, 0.5) is 4.79 Å². The number of cyclic esters (lactones) is 1. The average Bonchev–Trinajstić information content (AvgIpc) is 3.20. The van der Waals surface area contributed by atoms with E-state index in [9.17, 15) is 9.59 Å². The summed E-state index contributed by atoms with van der Waals surface area (Å²) in [6, 6.07) is 14.0. The lowest BCUT2D eigenvalue weighted by Crippen LogP contribution is -2.43. The minimum atomic E-state index is -0.589. The molecule has 0 unspecified atom stereocenters. The molecule has 1 N–H and O–H groups in total. The number of nitrogens with one attached hydrogen (secondary N) is 1. The normalized spacial score (nSPS) is 26.1. The number of aromatic amines is 1. The molecule has 0 bridgehead atoms. The van der Waals surface area contributed by atoms with Gasteiger partial charge in [0.15, 0.2) is 5.65 Å². The highest BCUT2D eigenvalue weighted by Gasteiger charge is 2.51. The maximum Gasteiger partial charge on any atom is 0.411 e. The molecule has 3 heterocycles. The molecule has 156 valence electrons. The second-order valence-corrected chi connectivity index (χ2v) is 8.83. The Hall–Kier alpha value is -3.09. The number of rotatable bonds is 3. The summed E-state index contributed by atoms with van der Waals surface area (Å²) in [4.78, 5) is 34.4.